The SMILES string of the molecule is C/C(=C\CN/C(=N/C(=O)OC(C)(C)C)NC(=O)OC(C)(C)C)[C@H](C)N(C)C. The molecule has 0 fully saturated rings. The van der Waals surface area contributed by atoms with Crippen molar-refractivity contribution in [1.29, 1.82) is 0 Å². The summed E-state index contributed by atoms with van der Waals surface area (Å²) >= 11 is 0. The summed E-state index contributed by atoms with van der Waals surface area (Å²) in [5.74, 6) is -0.0277. The predicted octanol–water partition coefficient (Wildman–Crippen LogP) is 3.29. The van der Waals surface area contributed by atoms with E-state index in [4.69, 9.17) is 9.47 Å². The fourth-order valence-electron chi connectivity index (χ4n) is 1.77. The molecule has 0 radical (unpaired) electrons. The maximum Gasteiger partial charge on any atom is 0.437 e. The number of hydrogen-bond donors (Lipinski definition) is 2. The van der Waals surface area contributed by atoms with Gasteiger partial charge in [-0.3, -0.25) is 5.32 Å². The number of guanidine groups is 1. The monoisotopic (exact) mass is 384 g/mol. The Morgan fingerprint density at radius 1 is 1.07 bits per heavy atom. The van der Waals surface area contributed by atoms with Crippen molar-refractivity contribution < 1.29 is 19.1 Å². The van der Waals surface area contributed by atoms with Gasteiger partial charge in [-0.05, 0) is 69.5 Å². The van der Waals surface area contributed by atoms with Crippen LogP contribution in [0.15, 0.2) is 16.6 Å². The first kappa shape index (κ1) is 24.9. The number of ether oxygens (including phenoxy) is 2. The van der Waals surface area contributed by atoms with Crippen LogP contribution in [-0.2, 0) is 9.47 Å². The van der Waals surface area contributed by atoms with E-state index in [1.54, 1.807) is 41.5 Å². The number of carbonyl (C=O) groups is 2. The Hall–Kier alpha value is -2.09. The van der Waals surface area contributed by atoms with E-state index in [2.05, 4.69) is 27.4 Å². The Kier molecular flexibility index (Phi) is 9.50. The summed E-state index contributed by atoms with van der Waals surface area (Å²) in [7, 11) is 3.99. The molecule has 0 heterocycles. The normalized spacial score (nSPS) is 14.6. The number of likely N-dealkylation sites (N-methyl/N-ethyl adjacent to an activating group) is 1. The first-order valence-corrected chi connectivity index (χ1v) is 8.99. The smallest absolute Gasteiger partial charge is 0.437 e. The highest BCUT2D eigenvalue weighted by Crippen LogP contribution is 2.09. The van der Waals surface area contributed by atoms with Crippen molar-refractivity contribution in [2.45, 2.75) is 72.6 Å². The van der Waals surface area contributed by atoms with Crippen LogP contribution in [0.4, 0.5) is 9.59 Å². The van der Waals surface area contributed by atoms with Gasteiger partial charge in [0.1, 0.15) is 11.2 Å². The maximum absolute atomic E-state index is 12.0. The average Bonchev–Trinajstić information content (AvgIpc) is 2.41. The Balaban J connectivity index is 5.16. The quantitative estimate of drug-likeness (QED) is 0.439. The summed E-state index contributed by atoms with van der Waals surface area (Å²) in [6.07, 6.45) is 0.453. The van der Waals surface area contributed by atoms with Crippen LogP contribution in [0, 0.1) is 0 Å². The minimum Gasteiger partial charge on any atom is -0.444 e. The molecule has 0 aliphatic carbocycles. The van der Waals surface area contributed by atoms with Crippen LogP contribution >= 0.6 is 0 Å². The molecule has 0 aliphatic rings. The molecule has 0 rings (SSSR count). The lowest BCUT2D eigenvalue weighted by Crippen LogP contribution is -2.44. The topological polar surface area (TPSA) is 92.3 Å². The largest absolute Gasteiger partial charge is 0.444 e. The molecule has 2 N–H and O–H groups in total. The Bertz CT molecular complexity index is 569. The van der Waals surface area contributed by atoms with Gasteiger partial charge in [-0.2, -0.15) is 0 Å². The van der Waals surface area contributed by atoms with Crippen LogP contribution in [-0.4, -0.2) is 60.9 Å². The standard InChI is InChI=1S/C19H36N4O4/c1-13(14(2)23(9)10)11-12-20-15(21-16(24)26-18(3,4)5)22-17(25)27-19(6,7)8/h11,14H,12H2,1-10H3,(H2,20,21,22,24,25)/b13-11+/t14-/m0/s1. The summed E-state index contributed by atoms with van der Waals surface area (Å²) in [5.41, 5.74) is -0.213. The van der Waals surface area contributed by atoms with E-state index in [1.165, 1.54) is 0 Å². The van der Waals surface area contributed by atoms with Gasteiger partial charge in [0.15, 0.2) is 0 Å². The van der Waals surface area contributed by atoms with E-state index in [1.807, 2.05) is 27.1 Å². The van der Waals surface area contributed by atoms with Gasteiger partial charge < -0.3 is 19.7 Å². The molecule has 27 heavy (non-hydrogen) atoms. The van der Waals surface area contributed by atoms with Crippen molar-refractivity contribution >= 4 is 18.1 Å². The van der Waals surface area contributed by atoms with E-state index in [0.717, 1.165) is 5.57 Å². The number of aliphatic imine (C=N–C) groups is 1. The summed E-state index contributed by atoms with van der Waals surface area (Å²) in [6, 6.07) is 0.261. The first-order valence-electron chi connectivity index (χ1n) is 8.99. The number of hydrogen-bond acceptors (Lipinski definition) is 5. The maximum atomic E-state index is 12.0. The van der Waals surface area contributed by atoms with Crippen molar-refractivity contribution in [2.24, 2.45) is 4.99 Å². The molecule has 0 saturated carbocycles. The van der Waals surface area contributed by atoms with Crippen LogP contribution in [0.25, 0.3) is 0 Å². The van der Waals surface area contributed by atoms with Crippen molar-refractivity contribution in [3.05, 3.63) is 11.6 Å². The second kappa shape index (κ2) is 10.3. The van der Waals surface area contributed by atoms with Crippen molar-refractivity contribution in [2.75, 3.05) is 20.6 Å². The third kappa shape index (κ3) is 12.8. The van der Waals surface area contributed by atoms with Gasteiger partial charge in [-0.25, -0.2) is 9.59 Å². The average molecular weight is 385 g/mol. The van der Waals surface area contributed by atoms with E-state index < -0.39 is 23.4 Å². The van der Waals surface area contributed by atoms with E-state index in [-0.39, 0.29) is 12.0 Å². The number of rotatable bonds is 4. The highest BCUT2D eigenvalue weighted by molar-refractivity contribution is 5.98. The molecule has 0 aromatic rings. The molecule has 0 aromatic carbocycles. The Morgan fingerprint density at radius 2 is 1.59 bits per heavy atom. The third-order valence-corrected chi connectivity index (χ3v) is 3.34. The Morgan fingerprint density at radius 3 is 2.04 bits per heavy atom. The molecule has 0 bridgehead atoms. The summed E-state index contributed by atoms with van der Waals surface area (Å²) < 4.78 is 10.4. The lowest BCUT2D eigenvalue weighted by Gasteiger charge is -2.22. The predicted molar refractivity (Wildman–Crippen MR) is 108 cm³/mol. The zero-order valence-corrected chi connectivity index (χ0v) is 18.4. The highest BCUT2D eigenvalue weighted by Gasteiger charge is 2.20. The second-order valence-corrected chi connectivity index (χ2v) is 8.54. The molecule has 1 atom stereocenters. The van der Waals surface area contributed by atoms with Crippen LogP contribution in [0.5, 0.6) is 0 Å². The third-order valence-electron chi connectivity index (χ3n) is 3.34. The molecule has 8 nitrogen and oxygen atoms in total. The zero-order valence-electron chi connectivity index (χ0n) is 18.4. The van der Waals surface area contributed by atoms with Gasteiger partial charge in [-0.15, -0.1) is 4.99 Å². The number of alkyl carbamates (subject to hydrolysis) is 1. The molecule has 0 unspecified atom stereocenters. The minimum atomic E-state index is -0.802. The van der Waals surface area contributed by atoms with Crippen molar-refractivity contribution in [3.8, 4) is 0 Å². The minimum absolute atomic E-state index is 0.0277. The van der Waals surface area contributed by atoms with Gasteiger partial charge in [0.2, 0.25) is 5.96 Å². The molecule has 0 aliphatic heterocycles. The van der Waals surface area contributed by atoms with Gasteiger partial charge in [0.25, 0.3) is 0 Å². The molecular formula is C19H36N4O4. The van der Waals surface area contributed by atoms with Crippen LogP contribution in [0.1, 0.15) is 55.4 Å². The molecule has 2 amide bonds. The summed E-state index contributed by atoms with van der Waals surface area (Å²) in [6.45, 7) is 14.9. The Labute approximate surface area is 163 Å². The number of amides is 2. The molecule has 0 saturated heterocycles. The van der Waals surface area contributed by atoms with Gasteiger partial charge in [0.05, 0.1) is 0 Å². The molecule has 156 valence electrons. The molecule has 0 aromatic heterocycles. The lowest BCUT2D eigenvalue weighted by atomic mass is 10.1. The molecule has 8 heteroatoms. The lowest BCUT2D eigenvalue weighted by molar-refractivity contribution is 0.0560. The second-order valence-electron chi connectivity index (χ2n) is 8.54. The van der Waals surface area contributed by atoms with E-state index >= 15 is 0 Å². The van der Waals surface area contributed by atoms with Crippen molar-refractivity contribution in [1.82, 2.24) is 15.5 Å². The first-order chi connectivity index (χ1) is 12.1. The zero-order chi connectivity index (χ0) is 21.4. The fourth-order valence-corrected chi connectivity index (χ4v) is 1.77. The van der Waals surface area contributed by atoms with E-state index in [9.17, 15) is 9.59 Å². The van der Waals surface area contributed by atoms with Gasteiger partial charge >= 0.3 is 12.2 Å². The molecular weight excluding hydrogens is 348 g/mol. The van der Waals surface area contributed by atoms with Crippen LogP contribution in [0.2, 0.25) is 0 Å². The number of nitrogens with one attached hydrogen (secondary N) is 2. The van der Waals surface area contributed by atoms with Crippen molar-refractivity contribution in [3.63, 3.8) is 0 Å². The highest BCUT2D eigenvalue weighted by atomic mass is 16.6. The van der Waals surface area contributed by atoms with Crippen LogP contribution in [0.3, 0.4) is 0 Å². The fraction of sp³-hybridized carbons (Fsp3) is 0.737. The van der Waals surface area contributed by atoms with Crippen LogP contribution < -0.4 is 10.6 Å². The number of nitrogens with zero attached hydrogens (tertiary/aromatic N) is 2. The molecule has 0 spiro atoms. The van der Waals surface area contributed by atoms with E-state index in [0.29, 0.717) is 6.54 Å². The number of carbonyl (C=O) groups excluding carboxylic acids is 2. The van der Waals surface area contributed by atoms with Gasteiger partial charge in [-0.1, -0.05) is 11.6 Å². The summed E-state index contributed by atoms with van der Waals surface area (Å²) in [5, 5.41) is 5.37. The summed E-state index contributed by atoms with van der Waals surface area (Å²) in [4.78, 5) is 29.9. The van der Waals surface area contributed by atoms with Gasteiger partial charge in [0, 0.05) is 12.6 Å².